The third-order valence-corrected chi connectivity index (χ3v) is 1.89. The van der Waals surface area contributed by atoms with Gasteiger partial charge >= 0.3 is 0 Å². The molecule has 0 N–H and O–H groups in total. The summed E-state index contributed by atoms with van der Waals surface area (Å²) in [5, 5.41) is 1.05. The van der Waals surface area contributed by atoms with Gasteiger partial charge in [0.1, 0.15) is 0 Å². The highest BCUT2D eigenvalue weighted by atomic mass is 79.9. The highest BCUT2D eigenvalue weighted by Crippen LogP contribution is 2.25. The Kier molecular flexibility index (Phi) is 6.65. The maximum atomic E-state index is 5.32. The molecule has 0 aromatic rings. The zero-order valence-electron chi connectivity index (χ0n) is 5.35. The summed E-state index contributed by atoms with van der Waals surface area (Å²) in [6.07, 6.45) is 1.13. The van der Waals surface area contributed by atoms with E-state index in [1.165, 1.54) is 0 Å². The zero-order chi connectivity index (χ0) is 6.41. The van der Waals surface area contributed by atoms with E-state index in [1.54, 1.807) is 0 Å². The second-order valence-corrected chi connectivity index (χ2v) is 4.36. The van der Waals surface area contributed by atoms with Gasteiger partial charge in [-0.3, -0.25) is 0 Å². The molecular weight excluding hydrogens is 187 g/mol. The predicted molar refractivity (Wildman–Crippen MR) is 43.1 cm³/mol. The molecule has 0 unspecified atom stereocenters. The largest absolute Gasteiger partial charge is 0.360 e. The van der Waals surface area contributed by atoms with Crippen LogP contribution in [-0.4, -0.2) is 25.3 Å². The van der Waals surface area contributed by atoms with Crippen molar-refractivity contribution in [3.05, 3.63) is 0 Å². The van der Waals surface area contributed by atoms with E-state index >= 15 is 0 Å². The van der Waals surface area contributed by atoms with Crippen molar-refractivity contribution in [1.29, 1.82) is 0 Å². The molecule has 0 spiro atoms. The smallest absolute Gasteiger partial charge is 0.0516 e. The van der Waals surface area contributed by atoms with Crippen molar-refractivity contribution in [3.63, 3.8) is 0 Å². The van der Waals surface area contributed by atoms with Crippen LogP contribution in [0.1, 0.15) is 6.42 Å². The van der Waals surface area contributed by atoms with Crippen LogP contribution in [0, 0.1) is 0 Å². The highest BCUT2D eigenvalue weighted by molar-refractivity contribution is 9.09. The van der Waals surface area contributed by atoms with Gasteiger partial charge in [-0.25, -0.2) is 0 Å². The number of rotatable bonds is 4. The SMILES string of the molecule is CP(C)OCCCBr. The van der Waals surface area contributed by atoms with Crippen LogP contribution in [0.15, 0.2) is 0 Å². The fourth-order valence-electron chi connectivity index (χ4n) is 0.302. The maximum Gasteiger partial charge on any atom is 0.0516 e. The molecule has 1 nitrogen and oxygen atoms in total. The van der Waals surface area contributed by atoms with Crippen molar-refractivity contribution in [2.24, 2.45) is 0 Å². The molecule has 0 heterocycles. The van der Waals surface area contributed by atoms with Crippen LogP contribution < -0.4 is 0 Å². The Labute approximate surface area is 60.8 Å². The van der Waals surface area contributed by atoms with Gasteiger partial charge < -0.3 is 4.52 Å². The number of hydrogen-bond donors (Lipinski definition) is 0. The van der Waals surface area contributed by atoms with E-state index in [0.29, 0.717) is 0 Å². The molecule has 0 radical (unpaired) electrons. The summed E-state index contributed by atoms with van der Waals surface area (Å²) in [7, 11) is -0.133. The topological polar surface area (TPSA) is 9.23 Å². The third kappa shape index (κ3) is 6.87. The minimum Gasteiger partial charge on any atom is -0.360 e. The Hall–Kier alpha value is 0.870. The molecule has 0 bridgehead atoms. The maximum absolute atomic E-state index is 5.32. The molecule has 3 heteroatoms. The Balaban J connectivity index is 2.72. The van der Waals surface area contributed by atoms with E-state index in [9.17, 15) is 0 Å². The van der Waals surface area contributed by atoms with Crippen molar-refractivity contribution in [2.45, 2.75) is 6.42 Å². The van der Waals surface area contributed by atoms with Gasteiger partial charge in [0, 0.05) is 13.5 Å². The Morgan fingerprint density at radius 1 is 1.50 bits per heavy atom. The second-order valence-electron chi connectivity index (χ2n) is 1.69. The fraction of sp³-hybridized carbons (Fsp3) is 1.00. The molecule has 0 saturated heterocycles. The van der Waals surface area contributed by atoms with Crippen LogP contribution in [0.2, 0.25) is 0 Å². The van der Waals surface area contributed by atoms with Crippen molar-refractivity contribution in [3.8, 4) is 0 Å². The molecule has 8 heavy (non-hydrogen) atoms. The molecule has 0 atom stereocenters. The third-order valence-electron chi connectivity index (χ3n) is 0.627. The van der Waals surface area contributed by atoms with E-state index in [4.69, 9.17) is 4.52 Å². The first-order valence-corrected chi connectivity index (χ1v) is 5.91. The van der Waals surface area contributed by atoms with E-state index in [-0.39, 0.29) is 8.15 Å². The first kappa shape index (κ1) is 8.87. The van der Waals surface area contributed by atoms with Gasteiger partial charge in [0.15, 0.2) is 0 Å². The van der Waals surface area contributed by atoms with E-state index < -0.39 is 0 Å². The molecule has 0 fully saturated rings. The minimum atomic E-state index is -0.133. The zero-order valence-corrected chi connectivity index (χ0v) is 7.84. The van der Waals surface area contributed by atoms with Gasteiger partial charge in [-0.05, 0) is 19.8 Å². The van der Waals surface area contributed by atoms with Gasteiger partial charge in [-0.1, -0.05) is 15.9 Å². The molecule has 0 amide bonds. The summed E-state index contributed by atoms with van der Waals surface area (Å²) in [4.78, 5) is 0. The molecule has 0 aliphatic heterocycles. The molecule has 0 aromatic heterocycles. The summed E-state index contributed by atoms with van der Waals surface area (Å²) in [5.41, 5.74) is 0. The van der Waals surface area contributed by atoms with Crippen LogP contribution in [0.5, 0.6) is 0 Å². The van der Waals surface area contributed by atoms with Crippen molar-refractivity contribution in [1.82, 2.24) is 0 Å². The number of halogens is 1. The summed E-state index contributed by atoms with van der Waals surface area (Å²) in [6.45, 7) is 5.14. The van der Waals surface area contributed by atoms with Gasteiger partial charge in [-0.15, -0.1) is 0 Å². The van der Waals surface area contributed by atoms with Crippen LogP contribution >= 0.6 is 24.1 Å². The van der Waals surface area contributed by atoms with Gasteiger partial charge in [0.05, 0.1) is 6.61 Å². The second kappa shape index (κ2) is 6.00. The molecule has 0 aliphatic rings. The van der Waals surface area contributed by atoms with E-state index in [0.717, 1.165) is 18.4 Å². The summed E-state index contributed by atoms with van der Waals surface area (Å²) in [5.74, 6) is 0. The Morgan fingerprint density at radius 3 is 2.50 bits per heavy atom. The standard InChI is InChI=1S/C5H12BrOP/c1-8(2)7-5-3-4-6/h3-5H2,1-2H3. The first-order chi connectivity index (χ1) is 3.77. The van der Waals surface area contributed by atoms with Gasteiger partial charge in [0.2, 0.25) is 0 Å². The summed E-state index contributed by atoms with van der Waals surface area (Å²) < 4.78 is 5.32. The van der Waals surface area contributed by atoms with Crippen LogP contribution in [0.3, 0.4) is 0 Å². The average molecular weight is 199 g/mol. The molecule has 0 aromatic carbocycles. The Bertz CT molecular complexity index is 49.7. The quantitative estimate of drug-likeness (QED) is 0.383. The lowest BCUT2D eigenvalue weighted by atomic mass is 10.5. The van der Waals surface area contributed by atoms with Crippen LogP contribution in [0.4, 0.5) is 0 Å². The Morgan fingerprint density at radius 2 is 2.12 bits per heavy atom. The number of alkyl halides is 1. The highest BCUT2D eigenvalue weighted by Gasteiger charge is 1.89. The molecule has 50 valence electrons. The normalized spacial score (nSPS) is 10.5. The predicted octanol–water partition coefficient (Wildman–Crippen LogP) is 2.44. The molecular formula is C5H12BrOP. The summed E-state index contributed by atoms with van der Waals surface area (Å²) >= 11 is 3.33. The van der Waals surface area contributed by atoms with Gasteiger partial charge in [0.25, 0.3) is 0 Å². The molecule has 0 saturated carbocycles. The summed E-state index contributed by atoms with van der Waals surface area (Å²) in [6, 6.07) is 0. The monoisotopic (exact) mass is 198 g/mol. The lowest BCUT2D eigenvalue weighted by molar-refractivity contribution is 0.358. The molecule has 0 aliphatic carbocycles. The average Bonchev–Trinajstić information content (AvgIpc) is 1.66. The lowest BCUT2D eigenvalue weighted by Gasteiger charge is -2.04. The van der Waals surface area contributed by atoms with Crippen LogP contribution in [-0.2, 0) is 4.52 Å². The van der Waals surface area contributed by atoms with E-state index in [1.807, 2.05) is 0 Å². The molecule has 0 rings (SSSR count). The van der Waals surface area contributed by atoms with Crippen molar-refractivity contribution in [2.75, 3.05) is 25.3 Å². The van der Waals surface area contributed by atoms with Crippen molar-refractivity contribution < 1.29 is 4.52 Å². The lowest BCUT2D eigenvalue weighted by Crippen LogP contribution is -1.87. The van der Waals surface area contributed by atoms with Gasteiger partial charge in [-0.2, -0.15) is 0 Å². The first-order valence-electron chi connectivity index (χ1n) is 2.63. The van der Waals surface area contributed by atoms with Crippen molar-refractivity contribution >= 4 is 24.1 Å². The van der Waals surface area contributed by atoms with E-state index in [2.05, 4.69) is 29.3 Å². The minimum absolute atomic E-state index is 0.133. The fourth-order valence-corrected chi connectivity index (χ4v) is 1.02. The van der Waals surface area contributed by atoms with Crippen LogP contribution in [0.25, 0.3) is 0 Å². The number of hydrogen-bond acceptors (Lipinski definition) is 1.